The highest BCUT2D eigenvalue weighted by molar-refractivity contribution is 6.37. The second-order valence-corrected chi connectivity index (χ2v) is 5.31. The molecule has 0 atom stereocenters. The van der Waals surface area contributed by atoms with E-state index in [0.29, 0.717) is 26.3 Å². The molecule has 0 aromatic heterocycles. The zero-order chi connectivity index (χ0) is 14.0. The number of hydrogen-bond acceptors (Lipinski definition) is 1. The summed E-state index contributed by atoms with van der Waals surface area (Å²) in [6.07, 6.45) is 0. The van der Waals surface area contributed by atoms with E-state index in [1.165, 1.54) is 0 Å². The Morgan fingerprint density at radius 3 is 2.37 bits per heavy atom. The van der Waals surface area contributed by atoms with Crippen LogP contribution in [0.5, 0.6) is 0 Å². The van der Waals surface area contributed by atoms with Crippen LogP contribution in [0.2, 0.25) is 15.1 Å². The van der Waals surface area contributed by atoms with Gasteiger partial charge < -0.3 is 5.32 Å². The first kappa shape index (κ1) is 14.2. The maximum absolute atomic E-state index is 12.1. The summed E-state index contributed by atoms with van der Waals surface area (Å²) in [6, 6.07) is 10.1. The lowest BCUT2D eigenvalue weighted by Gasteiger charge is -2.09. The maximum atomic E-state index is 12.1. The van der Waals surface area contributed by atoms with Crippen LogP contribution in [0.4, 0.5) is 5.69 Å². The minimum absolute atomic E-state index is 0.311. The highest BCUT2D eigenvalue weighted by Crippen LogP contribution is 2.26. The van der Waals surface area contributed by atoms with Crippen molar-refractivity contribution in [3.05, 3.63) is 62.6 Å². The van der Waals surface area contributed by atoms with Crippen LogP contribution in [-0.4, -0.2) is 5.91 Å². The van der Waals surface area contributed by atoms with Crippen molar-refractivity contribution in [3.63, 3.8) is 0 Å². The number of halogens is 3. The summed E-state index contributed by atoms with van der Waals surface area (Å²) >= 11 is 17.8. The Bertz CT molecular complexity index is 641. The van der Waals surface area contributed by atoms with E-state index in [-0.39, 0.29) is 5.91 Å². The molecule has 0 spiro atoms. The molecule has 0 radical (unpaired) electrons. The number of carbonyl (C=O) groups is 1. The Hall–Kier alpha value is -1.22. The van der Waals surface area contributed by atoms with Gasteiger partial charge in [-0.15, -0.1) is 0 Å². The first-order valence-electron chi connectivity index (χ1n) is 5.50. The zero-order valence-corrected chi connectivity index (χ0v) is 12.3. The summed E-state index contributed by atoms with van der Waals surface area (Å²) in [4.78, 5) is 12.1. The van der Waals surface area contributed by atoms with Gasteiger partial charge in [0.15, 0.2) is 0 Å². The zero-order valence-electron chi connectivity index (χ0n) is 10.0. The van der Waals surface area contributed by atoms with Gasteiger partial charge in [0.1, 0.15) is 0 Å². The predicted molar refractivity (Wildman–Crippen MR) is 80.6 cm³/mol. The highest BCUT2D eigenvalue weighted by atomic mass is 35.5. The molecule has 1 amide bonds. The third-order valence-electron chi connectivity index (χ3n) is 2.55. The molecular weight excluding hydrogens is 305 g/mol. The lowest BCUT2D eigenvalue weighted by molar-refractivity contribution is 0.102. The minimum Gasteiger partial charge on any atom is -0.321 e. The van der Waals surface area contributed by atoms with Crippen LogP contribution < -0.4 is 5.32 Å². The van der Waals surface area contributed by atoms with Gasteiger partial charge in [-0.25, -0.2) is 0 Å². The third-order valence-corrected chi connectivity index (χ3v) is 3.41. The van der Waals surface area contributed by atoms with Crippen LogP contribution in [-0.2, 0) is 0 Å². The van der Waals surface area contributed by atoms with Crippen molar-refractivity contribution in [2.45, 2.75) is 6.92 Å². The Labute approximate surface area is 126 Å². The lowest BCUT2D eigenvalue weighted by atomic mass is 10.1. The molecule has 0 saturated carbocycles. The van der Waals surface area contributed by atoms with Crippen LogP contribution in [0.1, 0.15) is 15.9 Å². The Kier molecular flexibility index (Phi) is 4.35. The monoisotopic (exact) mass is 313 g/mol. The number of aryl methyl sites for hydroxylation is 1. The number of anilines is 1. The Morgan fingerprint density at radius 1 is 1.00 bits per heavy atom. The van der Waals surface area contributed by atoms with Crippen molar-refractivity contribution in [1.82, 2.24) is 0 Å². The molecule has 0 aliphatic carbocycles. The maximum Gasteiger partial charge on any atom is 0.257 e. The quantitative estimate of drug-likeness (QED) is 0.810. The van der Waals surface area contributed by atoms with E-state index in [9.17, 15) is 4.79 Å². The van der Waals surface area contributed by atoms with Gasteiger partial charge in [-0.05, 0) is 42.8 Å². The molecule has 2 aromatic carbocycles. The van der Waals surface area contributed by atoms with E-state index in [1.807, 2.05) is 13.0 Å². The summed E-state index contributed by atoms with van der Waals surface area (Å²) in [6.45, 7) is 1.91. The summed E-state index contributed by atoms with van der Waals surface area (Å²) < 4.78 is 0. The van der Waals surface area contributed by atoms with Crippen molar-refractivity contribution in [2.75, 3.05) is 5.32 Å². The van der Waals surface area contributed by atoms with Crippen molar-refractivity contribution in [2.24, 2.45) is 0 Å². The summed E-state index contributed by atoms with van der Waals surface area (Å²) in [5.74, 6) is -0.311. The van der Waals surface area contributed by atoms with Gasteiger partial charge >= 0.3 is 0 Å². The molecule has 19 heavy (non-hydrogen) atoms. The van der Waals surface area contributed by atoms with E-state index in [4.69, 9.17) is 34.8 Å². The third kappa shape index (κ3) is 3.41. The van der Waals surface area contributed by atoms with Gasteiger partial charge in [-0.3, -0.25) is 4.79 Å². The standard InChI is InChI=1S/C14H10Cl3NO/c1-8-2-4-10(11(16)6-8)14(19)18-13-5-3-9(15)7-12(13)17/h2-7H,1H3,(H,18,19). The molecule has 0 bridgehead atoms. The molecule has 0 saturated heterocycles. The normalized spacial score (nSPS) is 10.3. The van der Waals surface area contributed by atoms with Gasteiger partial charge in [-0.1, -0.05) is 40.9 Å². The van der Waals surface area contributed by atoms with E-state index in [0.717, 1.165) is 5.56 Å². The fraction of sp³-hybridized carbons (Fsp3) is 0.0714. The number of amides is 1. The highest BCUT2D eigenvalue weighted by Gasteiger charge is 2.12. The van der Waals surface area contributed by atoms with Crippen molar-refractivity contribution in [3.8, 4) is 0 Å². The van der Waals surface area contributed by atoms with Crippen LogP contribution in [0.15, 0.2) is 36.4 Å². The minimum atomic E-state index is -0.311. The second kappa shape index (κ2) is 5.83. The smallest absolute Gasteiger partial charge is 0.257 e. The van der Waals surface area contributed by atoms with E-state index < -0.39 is 0 Å². The first-order chi connectivity index (χ1) is 8.97. The molecule has 2 rings (SSSR count). The van der Waals surface area contributed by atoms with Gasteiger partial charge in [-0.2, -0.15) is 0 Å². The van der Waals surface area contributed by atoms with Crippen LogP contribution in [0.25, 0.3) is 0 Å². The fourth-order valence-corrected chi connectivity index (χ4v) is 2.36. The second-order valence-electron chi connectivity index (χ2n) is 4.06. The first-order valence-corrected chi connectivity index (χ1v) is 6.63. The number of nitrogens with one attached hydrogen (secondary N) is 1. The van der Waals surface area contributed by atoms with Crippen molar-refractivity contribution in [1.29, 1.82) is 0 Å². The van der Waals surface area contributed by atoms with Crippen LogP contribution in [0.3, 0.4) is 0 Å². The molecular formula is C14H10Cl3NO. The number of hydrogen-bond donors (Lipinski definition) is 1. The lowest BCUT2D eigenvalue weighted by Crippen LogP contribution is -2.12. The Balaban J connectivity index is 2.25. The molecule has 98 valence electrons. The molecule has 5 heteroatoms. The fourth-order valence-electron chi connectivity index (χ4n) is 1.58. The average Bonchev–Trinajstić information content (AvgIpc) is 2.32. The number of rotatable bonds is 2. The molecule has 2 nitrogen and oxygen atoms in total. The SMILES string of the molecule is Cc1ccc(C(=O)Nc2ccc(Cl)cc2Cl)c(Cl)c1. The largest absolute Gasteiger partial charge is 0.321 e. The topological polar surface area (TPSA) is 29.1 Å². The molecule has 0 aliphatic rings. The molecule has 0 heterocycles. The number of carbonyl (C=O) groups excluding carboxylic acids is 1. The van der Waals surface area contributed by atoms with Crippen molar-refractivity contribution >= 4 is 46.4 Å². The van der Waals surface area contributed by atoms with Crippen LogP contribution in [0, 0.1) is 6.92 Å². The molecule has 0 fully saturated rings. The van der Waals surface area contributed by atoms with E-state index in [2.05, 4.69) is 5.32 Å². The molecule has 2 aromatic rings. The van der Waals surface area contributed by atoms with E-state index >= 15 is 0 Å². The van der Waals surface area contributed by atoms with E-state index in [1.54, 1.807) is 30.3 Å². The summed E-state index contributed by atoms with van der Waals surface area (Å²) in [5.41, 5.74) is 1.89. The van der Waals surface area contributed by atoms with Gasteiger partial charge in [0.25, 0.3) is 5.91 Å². The molecule has 0 unspecified atom stereocenters. The summed E-state index contributed by atoms with van der Waals surface area (Å²) in [5, 5.41) is 3.99. The van der Waals surface area contributed by atoms with Gasteiger partial charge in [0.05, 0.1) is 21.3 Å². The Morgan fingerprint density at radius 2 is 1.74 bits per heavy atom. The summed E-state index contributed by atoms with van der Waals surface area (Å²) in [7, 11) is 0. The number of benzene rings is 2. The van der Waals surface area contributed by atoms with Crippen LogP contribution >= 0.6 is 34.8 Å². The average molecular weight is 315 g/mol. The van der Waals surface area contributed by atoms with Crippen molar-refractivity contribution < 1.29 is 4.79 Å². The predicted octanol–water partition coefficient (Wildman–Crippen LogP) is 5.21. The van der Waals surface area contributed by atoms with Gasteiger partial charge in [0.2, 0.25) is 0 Å². The molecule has 1 N–H and O–H groups in total. The molecule has 0 aliphatic heterocycles. The van der Waals surface area contributed by atoms with Gasteiger partial charge in [0, 0.05) is 5.02 Å².